The van der Waals surface area contributed by atoms with Gasteiger partial charge in [0, 0.05) is 174 Å². The van der Waals surface area contributed by atoms with Crippen LogP contribution in [0, 0.1) is 0 Å². The first kappa shape index (κ1) is 55.4. The van der Waals surface area contributed by atoms with Gasteiger partial charge >= 0.3 is 7.12 Å². The molecule has 0 bridgehead atoms. The molecule has 0 saturated carbocycles. The molecule has 3 N–H and O–H groups in total. The van der Waals surface area contributed by atoms with E-state index in [9.17, 15) is 0 Å². The van der Waals surface area contributed by atoms with E-state index in [0.717, 1.165) is 87.5 Å². The lowest BCUT2D eigenvalue weighted by molar-refractivity contribution is 0.412. The molecule has 0 unspecified atom stereocenters. The number of aromatic amines is 1. The van der Waals surface area contributed by atoms with Gasteiger partial charge in [0.2, 0.25) is 0 Å². The zero-order chi connectivity index (χ0) is 57.4. The molecular formula is C67H49BBr3N9O4. The van der Waals surface area contributed by atoms with Crippen LogP contribution in [0.5, 0.6) is 0 Å². The normalized spacial score (nSPS) is 11.1. The Bertz CT molecular complexity index is 4830. The minimum atomic E-state index is -1.53. The highest BCUT2D eigenvalue weighted by Gasteiger charge is 2.17. The summed E-state index contributed by atoms with van der Waals surface area (Å²) in [5, 5.41) is 30.9. The average molecular weight is 1290 g/mol. The molecule has 84 heavy (non-hydrogen) atoms. The predicted octanol–water partition coefficient (Wildman–Crippen LogP) is 16.0. The minimum absolute atomic E-state index is 0.177. The van der Waals surface area contributed by atoms with Gasteiger partial charge < -0.3 is 33.0 Å². The second-order valence-corrected chi connectivity index (χ2v) is 21.9. The fraction of sp³-hybridized carbons (Fsp3) is 0.0448. The summed E-state index contributed by atoms with van der Waals surface area (Å²) in [4.78, 5) is 28.2. The second kappa shape index (κ2) is 25.6. The molecule has 0 fully saturated rings. The lowest BCUT2D eigenvalue weighted by Crippen LogP contribution is -2.27. The predicted molar refractivity (Wildman–Crippen MR) is 348 cm³/mol. The third-order valence-electron chi connectivity index (χ3n) is 14.1. The van der Waals surface area contributed by atoms with E-state index in [-0.39, 0.29) is 5.66 Å². The molecule has 0 amide bonds. The molecule has 0 aliphatic carbocycles. The molecule has 0 radical (unpaired) electrons. The Kier molecular flexibility index (Phi) is 16.9. The highest BCUT2D eigenvalue weighted by Crippen LogP contribution is 2.34. The second-order valence-electron chi connectivity index (χ2n) is 19.6. The lowest BCUT2D eigenvalue weighted by Gasteiger charge is -2.09. The Hall–Kier alpha value is -9.10. The zero-order valence-electron chi connectivity index (χ0n) is 44.7. The van der Waals surface area contributed by atoms with Gasteiger partial charge in [0.25, 0.3) is 0 Å². The first-order chi connectivity index (χ1) is 41.2. The molecule has 0 spiro atoms. The summed E-state index contributed by atoms with van der Waals surface area (Å²) in [5.41, 5.74) is 10.1. The Labute approximate surface area is 506 Å². The number of pyridine rings is 6. The van der Waals surface area contributed by atoms with Crippen molar-refractivity contribution < 1.29 is 18.9 Å². The van der Waals surface area contributed by atoms with E-state index in [0.29, 0.717) is 5.58 Å². The van der Waals surface area contributed by atoms with Gasteiger partial charge in [0.05, 0.1) is 11.0 Å². The largest absolute Gasteiger partial charge is 0.526 e. The molecule has 16 aromatic rings. The van der Waals surface area contributed by atoms with Crippen molar-refractivity contribution in [1.82, 2.24) is 44.0 Å². The fourth-order valence-corrected chi connectivity index (χ4v) is 11.2. The number of hydrogen-bond acceptors (Lipinski definition) is 10. The summed E-state index contributed by atoms with van der Waals surface area (Å²) in [6.45, 7) is 1.64. The van der Waals surface area contributed by atoms with Gasteiger partial charge in [-0.15, -0.1) is 0 Å². The quantitative estimate of drug-likeness (QED) is 0.103. The molecule has 11 aromatic heterocycles. The number of para-hydroxylation sites is 2. The van der Waals surface area contributed by atoms with Crippen molar-refractivity contribution in [3.05, 3.63) is 270 Å². The Morgan fingerprint density at radius 3 is 1.51 bits per heavy atom. The maximum Gasteiger partial charge on any atom is 0.526 e. The van der Waals surface area contributed by atoms with Crippen molar-refractivity contribution in [2.45, 2.75) is 18.4 Å². The van der Waals surface area contributed by atoms with E-state index in [1.165, 1.54) is 49.3 Å². The van der Waals surface area contributed by atoms with E-state index in [2.05, 4.69) is 195 Å². The van der Waals surface area contributed by atoms with Crippen LogP contribution in [0.3, 0.4) is 0 Å². The maximum absolute atomic E-state index is 8.79. The summed E-state index contributed by atoms with van der Waals surface area (Å²) < 4.78 is 17.8. The monoisotopic (exact) mass is 1290 g/mol. The van der Waals surface area contributed by atoms with E-state index in [1.54, 1.807) is 18.3 Å². The van der Waals surface area contributed by atoms with Gasteiger partial charge in [-0.2, -0.15) is 0 Å². The standard InChI is InChI=1S/C25H17N3O.C17H12BrN3.C10H7Br2N.C8H7BO3.C7H6N2/c1-2-4-24-18(3-1)12-25(29-24)22-15-27-13-19-6-5-17(11-21(19)22)16-28-10-8-20-14-26-9-7-23(20)28;18-16-10-20-8-13-2-1-12(7-15(13)16)11-21-6-4-14-9-19-5-3-17(14)21;11-4-7-1-2-8-5-13-6-10(12)9(8)3-7;10-9(11)8-5-6-3-1-2-4-7(6)12-8;1-4-9-7-2-3-8-5-6(1)7/h1-15H,16H2;1-10H,11H2;1-3,5-6H,4H2;1-5,10-11H;1-5,9H. The number of fused-ring (bicyclic) bond motifs is 8. The average Bonchev–Trinajstić information content (AvgIpc) is 4.57. The molecule has 13 nitrogen and oxygen atoms in total. The third-order valence-corrected chi connectivity index (χ3v) is 16.0. The number of furan rings is 2. The first-order valence-corrected chi connectivity index (χ1v) is 29.4. The number of aromatic nitrogens is 9. The molecule has 0 aliphatic heterocycles. The van der Waals surface area contributed by atoms with Crippen LogP contribution in [-0.4, -0.2) is 61.2 Å². The number of hydrogen-bond donors (Lipinski definition) is 3. The topological polar surface area (TPSA) is 170 Å². The van der Waals surface area contributed by atoms with Crippen LogP contribution < -0.4 is 5.66 Å². The minimum Gasteiger partial charge on any atom is -0.465 e. The van der Waals surface area contributed by atoms with E-state index in [4.69, 9.17) is 18.9 Å². The number of nitrogens with zero attached hydrogens (tertiary/aromatic N) is 8. The van der Waals surface area contributed by atoms with Gasteiger partial charge in [-0.1, -0.05) is 88.7 Å². The molecule has 16 rings (SSSR count). The fourth-order valence-electron chi connectivity index (χ4n) is 9.92. The molecule has 11 heterocycles. The van der Waals surface area contributed by atoms with Crippen LogP contribution in [0.15, 0.2) is 262 Å². The zero-order valence-corrected chi connectivity index (χ0v) is 49.5. The number of halogens is 3. The van der Waals surface area contributed by atoms with Crippen LogP contribution in [0.1, 0.15) is 16.7 Å². The van der Waals surface area contributed by atoms with Crippen molar-refractivity contribution in [2.75, 3.05) is 0 Å². The van der Waals surface area contributed by atoms with E-state index < -0.39 is 7.12 Å². The van der Waals surface area contributed by atoms with Gasteiger partial charge in [-0.05, 0) is 144 Å². The number of benzene rings is 5. The summed E-state index contributed by atoms with van der Waals surface area (Å²) in [5.74, 6) is 0.846. The number of rotatable bonds is 7. The van der Waals surface area contributed by atoms with Crippen LogP contribution in [0.2, 0.25) is 0 Å². The number of alkyl halides is 1. The van der Waals surface area contributed by atoms with Crippen molar-refractivity contribution in [2.24, 2.45) is 0 Å². The van der Waals surface area contributed by atoms with Crippen molar-refractivity contribution in [3.63, 3.8) is 0 Å². The molecule has 17 heteroatoms. The highest BCUT2D eigenvalue weighted by atomic mass is 79.9. The maximum atomic E-state index is 8.79. The molecular weight excluding hydrogens is 1250 g/mol. The third kappa shape index (κ3) is 12.6. The number of H-pyrrole nitrogens is 1. The molecule has 0 saturated heterocycles. The molecule has 0 aliphatic rings. The van der Waals surface area contributed by atoms with Crippen molar-refractivity contribution in [3.8, 4) is 11.3 Å². The van der Waals surface area contributed by atoms with E-state index in [1.807, 2.05) is 123 Å². The van der Waals surface area contributed by atoms with Crippen LogP contribution >= 0.6 is 47.8 Å². The summed E-state index contributed by atoms with van der Waals surface area (Å²) >= 11 is 10.5. The summed E-state index contributed by atoms with van der Waals surface area (Å²) in [7, 11) is -1.53. The van der Waals surface area contributed by atoms with Crippen LogP contribution in [0.4, 0.5) is 0 Å². The molecule has 410 valence electrons. The summed E-state index contributed by atoms with van der Waals surface area (Å²) in [6.07, 6.45) is 28.4. The molecule has 0 atom stereocenters. The van der Waals surface area contributed by atoms with Crippen LogP contribution in [0.25, 0.3) is 98.3 Å². The Morgan fingerprint density at radius 2 is 0.940 bits per heavy atom. The van der Waals surface area contributed by atoms with Gasteiger partial charge in [-0.25, -0.2) is 0 Å². The lowest BCUT2D eigenvalue weighted by atomic mass is 9.88. The Balaban J connectivity index is 0.000000110. The van der Waals surface area contributed by atoms with Gasteiger partial charge in [0.15, 0.2) is 0 Å². The van der Waals surface area contributed by atoms with Crippen LogP contribution in [-0.2, 0) is 18.4 Å². The van der Waals surface area contributed by atoms with E-state index >= 15 is 0 Å². The smallest absolute Gasteiger partial charge is 0.465 e. The number of nitrogens with one attached hydrogen (secondary N) is 1. The van der Waals surface area contributed by atoms with Gasteiger partial charge in [0.1, 0.15) is 22.6 Å². The summed E-state index contributed by atoms with van der Waals surface area (Å²) in [6, 6.07) is 50.8. The Morgan fingerprint density at radius 1 is 0.440 bits per heavy atom. The van der Waals surface area contributed by atoms with Crippen molar-refractivity contribution in [1.29, 1.82) is 0 Å². The van der Waals surface area contributed by atoms with Crippen molar-refractivity contribution >= 4 is 148 Å². The van der Waals surface area contributed by atoms with Gasteiger partial charge in [-0.3, -0.25) is 29.9 Å². The SMILES string of the molecule is BrCc1ccc2cncc(Br)c2c1.Brc1cncc2ccc(Cn3ccc4cnccc43)cc12.OB(O)c1cc2ccccc2o1.c1cc2[nH]ccc2cn1.c1ccc2oc(-c3cncc4ccc(Cn5ccc6cnccc65)cc34)cc2c1. The highest BCUT2D eigenvalue weighted by molar-refractivity contribution is 9.11. The molecule has 5 aromatic carbocycles. The first-order valence-electron chi connectivity index (χ1n) is 26.7.